The molecule has 1 heterocycles. The van der Waals surface area contributed by atoms with E-state index in [-0.39, 0.29) is 0 Å². The van der Waals surface area contributed by atoms with E-state index >= 15 is 0 Å². The normalized spacial score (nSPS) is 10.5. The Labute approximate surface area is 108 Å². The molecule has 4 heteroatoms. The molecule has 0 amide bonds. The van der Waals surface area contributed by atoms with Crippen molar-refractivity contribution in [1.82, 2.24) is 9.78 Å². The Kier molecular flexibility index (Phi) is 4.23. The maximum atomic E-state index is 5.90. The Hall–Kier alpha value is -1.97. The summed E-state index contributed by atoms with van der Waals surface area (Å²) in [5, 5.41) is 7.69. The Morgan fingerprint density at radius 3 is 2.83 bits per heavy atom. The monoisotopic (exact) mass is 244 g/mol. The molecule has 0 saturated heterocycles. The first-order valence-electron chi connectivity index (χ1n) is 6.40. The zero-order valence-corrected chi connectivity index (χ0v) is 10.8. The molecule has 0 bridgehead atoms. The van der Waals surface area contributed by atoms with E-state index in [0.717, 1.165) is 37.4 Å². The first kappa shape index (κ1) is 12.5. The van der Waals surface area contributed by atoms with Crippen LogP contribution < -0.4 is 11.1 Å². The molecule has 2 rings (SSSR count). The van der Waals surface area contributed by atoms with Gasteiger partial charge < -0.3 is 11.1 Å². The topological polar surface area (TPSA) is 55.9 Å². The molecule has 0 saturated carbocycles. The van der Waals surface area contributed by atoms with Gasteiger partial charge in [-0.2, -0.15) is 5.10 Å². The number of para-hydroxylation sites is 1. The summed E-state index contributed by atoms with van der Waals surface area (Å²) in [7, 11) is 0. The second-order valence-corrected chi connectivity index (χ2v) is 4.29. The molecule has 3 N–H and O–H groups in total. The average molecular weight is 244 g/mol. The summed E-state index contributed by atoms with van der Waals surface area (Å²) in [6, 6.07) is 10.0. The number of aromatic nitrogens is 2. The largest absolute Gasteiger partial charge is 0.399 e. The molecule has 0 aliphatic heterocycles. The maximum absolute atomic E-state index is 5.90. The zero-order valence-electron chi connectivity index (χ0n) is 10.8. The number of aryl methyl sites for hydroxylation is 2. The molecule has 0 fully saturated rings. The standard InChI is InChI=1S/C14H20N4/c1-2-18-11-9-14(17-18)16-10-5-7-12-6-3-4-8-13(12)15/h3-4,6,8-9,11H,2,5,7,10,15H2,1H3,(H,16,17). The summed E-state index contributed by atoms with van der Waals surface area (Å²) in [4.78, 5) is 0. The van der Waals surface area contributed by atoms with E-state index in [2.05, 4.69) is 23.4 Å². The van der Waals surface area contributed by atoms with Crippen molar-refractivity contribution in [3.63, 3.8) is 0 Å². The molecule has 0 radical (unpaired) electrons. The lowest BCUT2D eigenvalue weighted by Gasteiger charge is -2.06. The Bertz CT molecular complexity index is 490. The Morgan fingerprint density at radius 2 is 2.11 bits per heavy atom. The summed E-state index contributed by atoms with van der Waals surface area (Å²) in [6.45, 7) is 3.90. The third-order valence-electron chi connectivity index (χ3n) is 2.95. The van der Waals surface area contributed by atoms with Crippen LogP contribution in [0.4, 0.5) is 11.5 Å². The minimum Gasteiger partial charge on any atom is -0.399 e. The van der Waals surface area contributed by atoms with E-state index in [1.165, 1.54) is 5.56 Å². The smallest absolute Gasteiger partial charge is 0.147 e. The van der Waals surface area contributed by atoms with E-state index in [0.29, 0.717) is 0 Å². The SMILES string of the molecule is CCn1ccc(NCCCc2ccccc2N)n1. The lowest BCUT2D eigenvalue weighted by Crippen LogP contribution is -2.05. The van der Waals surface area contributed by atoms with Crippen molar-refractivity contribution >= 4 is 11.5 Å². The van der Waals surface area contributed by atoms with Crippen molar-refractivity contribution in [2.45, 2.75) is 26.3 Å². The lowest BCUT2D eigenvalue weighted by atomic mass is 10.1. The fraction of sp³-hybridized carbons (Fsp3) is 0.357. The van der Waals surface area contributed by atoms with Gasteiger partial charge in [0.2, 0.25) is 0 Å². The molecule has 0 spiro atoms. The van der Waals surface area contributed by atoms with Gasteiger partial charge in [0, 0.05) is 31.0 Å². The highest BCUT2D eigenvalue weighted by atomic mass is 15.3. The van der Waals surface area contributed by atoms with Gasteiger partial charge in [-0.05, 0) is 31.4 Å². The average Bonchev–Trinajstić information content (AvgIpc) is 2.84. The highest BCUT2D eigenvalue weighted by Gasteiger charge is 1.99. The van der Waals surface area contributed by atoms with Gasteiger partial charge in [0.15, 0.2) is 0 Å². The molecular formula is C14H20N4. The van der Waals surface area contributed by atoms with Crippen LogP contribution in [0.15, 0.2) is 36.5 Å². The quantitative estimate of drug-likeness (QED) is 0.606. The number of anilines is 2. The van der Waals surface area contributed by atoms with Gasteiger partial charge in [-0.3, -0.25) is 4.68 Å². The third kappa shape index (κ3) is 3.26. The predicted molar refractivity (Wildman–Crippen MR) is 75.6 cm³/mol. The fourth-order valence-electron chi connectivity index (χ4n) is 1.89. The van der Waals surface area contributed by atoms with Crippen LogP contribution in [0.25, 0.3) is 0 Å². The molecule has 0 unspecified atom stereocenters. The van der Waals surface area contributed by atoms with Crippen LogP contribution in [-0.2, 0) is 13.0 Å². The molecule has 18 heavy (non-hydrogen) atoms. The van der Waals surface area contributed by atoms with Crippen LogP contribution in [0, 0.1) is 0 Å². The molecular weight excluding hydrogens is 224 g/mol. The molecule has 0 aliphatic rings. The van der Waals surface area contributed by atoms with Crippen molar-refractivity contribution in [3.8, 4) is 0 Å². The van der Waals surface area contributed by atoms with Crippen LogP contribution in [-0.4, -0.2) is 16.3 Å². The highest BCUT2D eigenvalue weighted by Crippen LogP contribution is 2.12. The Morgan fingerprint density at radius 1 is 1.28 bits per heavy atom. The first-order valence-corrected chi connectivity index (χ1v) is 6.40. The van der Waals surface area contributed by atoms with Gasteiger partial charge in [-0.25, -0.2) is 0 Å². The number of nitrogens with one attached hydrogen (secondary N) is 1. The molecule has 1 aromatic heterocycles. The van der Waals surface area contributed by atoms with Crippen molar-refractivity contribution in [2.75, 3.05) is 17.6 Å². The minimum absolute atomic E-state index is 0.882. The van der Waals surface area contributed by atoms with Crippen LogP contribution >= 0.6 is 0 Å². The van der Waals surface area contributed by atoms with Crippen LogP contribution in [0.3, 0.4) is 0 Å². The van der Waals surface area contributed by atoms with Crippen molar-refractivity contribution in [3.05, 3.63) is 42.1 Å². The number of hydrogen-bond acceptors (Lipinski definition) is 3. The molecule has 1 aromatic carbocycles. The van der Waals surface area contributed by atoms with Crippen molar-refractivity contribution in [1.29, 1.82) is 0 Å². The molecule has 96 valence electrons. The molecule has 2 aromatic rings. The summed E-state index contributed by atoms with van der Waals surface area (Å²) in [5.41, 5.74) is 8.00. The molecule has 0 atom stereocenters. The maximum Gasteiger partial charge on any atom is 0.147 e. The minimum atomic E-state index is 0.882. The van der Waals surface area contributed by atoms with Crippen LogP contribution in [0.1, 0.15) is 18.9 Å². The number of nitrogens with zero attached hydrogens (tertiary/aromatic N) is 2. The van der Waals surface area contributed by atoms with Gasteiger partial charge in [0.05, 0.1) is 0 Å². The van der Waals surface area contributed by atoms with Crippen LogP contribution in [0.5, 0.6) is 0 Å². The predicted octanol–water partition coefficient (Wildman–Crippen LogP) is 2.53. The van der Waals surface area contributed by atoms with Gasteiger partial charge in [-0.15, -0.1) is 0 Å². The third-order valence-corrected chi connectivity index (χ3v) is 2.95. The van der Waals surface area contributed by atoms with Crippen molar-refractivity contribution in [2.24, 2.45) is 0 Å². The summed E-state index contributed by atoms with van der Waals surface area (Å²) in [5.74, 6) is 0.942. The number of hydrogen-bond donors (Lipinski definition) is 2. The van der Waals surface area contributed by atoms with E-state index < -0.39 is 0 Å². The number of benzene rings is 1. The molecule has 4 nitrogen and oxygen atoms in total. The van der Waals surface area contributed by atoms with Crippen molar-refractivity contribution < 1.29 is 0 Å². The van der Waals surface area contributed by atoms with E-state index in [1.807, 2.05) is 35.1 Å². The van der Waals surface area contributed by atoms with Gasteiger partial charge in [0.25, 0.3) is 0 Å². The van der Waals surface area contributed by atoms with Gasteiger partial charge >= 0.3 is 0 Å². The van der Waals surface area contributed by atoms with E-state index in [1.54, 1.807) is 0 Å². The second-order valence-electron chi connectivity index (χ2n) is 4.29. The summed E-state index contributed by atoms with van der Waals surface area (Å²) < 4.78 is 1.91. The summed E-state index contributed by atoms with van der Waals surface area (Å²) >= 11 is 0. The van der Waals surface area contributed by atoms with Gasteiger partial charge in [-0.1, -0.05) is 18.2 Å². The Balaban J connectivity index is 1.74. The van der Waals surface area contributed by atoms with E-state index in [4.69, 9.17) is 5.73 Å². The number of rotatable bonds is 6. The first-order chi connectivity index (χ1) is 8.79. The van der Waals surface area contributed by atoms with E-state index in [9.17, 15) is 0 Å². The second kappa shape index (κ2) is 6.10. The van der Waals surface area contributed by atoms with Gasteiger partial charge in [0.1, 0.15) is 5.82 Å². The lowest BCUT2D eigenvalue weighted by molar-refractivity contribution is 0.660. The number of nitrogens with two attached hydrogens (primary N) is 1. The van der Waals surface area contributed by atoms with Crippen LogP contribution in [0.2, 0.25) is 0 Å². The number of nitrogen functional groups attached to an aromatic ring is 1. The zero-order chi connectivity index (χ0) is 12.8. The summed E-state index contributed by atoms with van der Waals surface area (Å²) in [6.07, 6.45) is 4.03. The fourth-order valence-corrected chi connectivity index (χ4v) is 1.89. The molecule has 0 aliphatic carbocycles. The highest BCUT2D eigenvalue weighted by molar-refractivity contribution is 5.46.